The van der Waals surface area contributed by atoms with E-state index in [1.807, 2.05) is 0 Å². The summed E-state index contributed by atoms with van der Waals surface area (Å²) in [5, 5.41) is 3.61. The lowest BCUT2D eigenvalue weighted by Gasteiger charge is -2.47. The molecule has 1 fully saturated rings. The van der Waals surface area contributed by atoms with Crippen LogP contribution in [0.4, 0.5) is 0 Å². The van der Waals surface area contributed by atoms with Crippen molar-refractivity contribution in [2.24, 2.45) is 0 Å². The largest absolute Gasteiger partial charge is 0.311 e. The first-order chi connectivity index (χ1) is 7.62. The predicted molar refractivity (Wildman–Crippen MR) is 71.9 cm³/mol. The Bertz CT molecular complexity index is 193. The van der Waals surface area contributed by atoms with Gasteiger partial charge >= 0.3 is 0 Å². The predicted octanol–water partition coefficient (Wildman–Crippen LogP) is 3.03. The summed E-state index contributed by atoms with van der Waals surface area (Å²) in [6.07, 6.45) is 6.75. The van der Waals surface area contributed by atoms with E-state index < -0.39 is 0 Å². The molecule has 1 aliphatic rings. The first-order valence-electron chi connectivity index (χ1n) is 7.11. The highest BCUT2D eigenvalue weighted by atomic mass is 15.3. The molecule has 0 aromatic carbocycles. The maximum absolute atomic E-state index is 3.61. The van der Waals surface area contributed by atoms with Gasteiger partial charge in [-0.1, -0.05) is 33.1 Å². The van der Waals surface area contributed by atoms with Crippen molar-refractivity contribution < 1.29 is 0 Å². The maximum atomic E-state index is 3.61. The van der Waals surface area contributed by atoms with E-state index in [-0.39, 0.29) is 0 Å². The molecule has 16 heavy (non-hydrogen) atoms. The molecule has 2 atom stereocenters. The van der Waals surface area contributed by atoms with Crippen molar-refractivity contribution in [3.05, 3.63) is 0 Å². The smallest absolute Gasteiger partial charge is 0.0303 e. The van der Waals surface area contributed by atoms with Gasteiger partial charge in [-0.05, 0) is 33.2 Å². The molecule has 2 unspecified atom stereocenters. The number of piperazine rings is 1. The van der Waals surface area contributed by atoms with Crippen molar-refractivity contribution in [2.45, 2.75) is 71.4 Å². The van der Waals surface area contributed by atoms with Gasteiger partial charge in [-0.3, -0.25) is 4.90 Å². The summed E-state index contributed by atoms with van der Waals surface area (Å²) in [6, 6.07) is 0.658. The molecule has 96 valence electrons. The van der Waals surface area contributed by atoms with Gasteiger partial charge < -0.3 is 5.32 Å². The fourth-order valence-corrected chi connectivity index (χ4v) is 2.56. The van der Waals surface area contributed by atoms with Gasteiger partial charge in [-0.25, -0.2) is 0 Å². The fourth-order valence-electron chi connectivity index (χ4n) is 2.56. The first-order valence-corrected chi connectivity index (χ1v) is 7.11. The SMILES string of the molecule is CCCCCCN1CC(C)NCC1(C)CC. The quantitative estimate of drug-likeness (QED) is 0.700. The van der Waals surface area contributed by atoms with Crippen molar-refractivity contribution in [2.75, 3.05) is 19.6 Å². The second kappa shape index (κ2) is 6.61. The van der Waals surface area contributed by atoms with Gasteiger partial charge in [0.25, 0.3) is 0 Å². The van der Waals surface area contributed by atoms with Crippen LogP contribution in [0.5, 0.6) is 0 Å². The number of rotatable bonds is 6. The second-order valence-corrected chi connectivity index (χ2v) is 5.64. The second-order valence-electron chi connectivity index (χ2n) is 5.64. The molecule has 1 saturated heterocycles. The van der Waals surface area contributed by atoms with Crippen LogP contribution in [-0.4, -0.2) is 36.1 Å². The van der Waals surface area contributed by atoms with Crippen LogP contribution in [-0.2, 0) is 0 Å². The fraction of sp³-hybridized carbons (Fsp3) is 1.00. The van der Waals surface area contributed by atoms with E-state index in [9.17, 15) is 0 Å². The highest BCUT2D eigenvalue weighted by Crippen LogP contribution is 2.23. The minimum absolute atomic E-state index is 0.388. The molecule has 2 nitrogen and oxygen atoms in total. The molecule has 2 heteroatoms. The van der Waals surface area contributed by atoms with E-state index in [2.05, 4.69) is 37.9 Å². The highest BCUT2D eigenvalue weighted by molar-refractivity contribution is 4.93. The molecule has 1 rings (SSSR count). The molecule has 0 bridgehead atoms. The average molecular weight is 226 g/mol. The Hall–Kier alpha value is -0.0800. The van der Waals surface area contributed by atoms with Gasteiger partial charge in [0.2, 0.25) is 0 Å². The van der Waals surface area contributed by atoms with E-state index in [0.717, 1.165) is 6.54 Å². The third-order valence-corrected chi connectivity index (χ3v) is 4.13. The van der Waals surface area contributed by atoms with Gasteiger partial charge in [0, 0.05) is 24.7 Å². The Labute approximate surface area is 102 Å². The van der Waals surface area contributed by atoms with Crippen molar-refractivity contribution in [3.63, 3.8) is 0 Å². The number of nitrogens with one attached hydrogen (secondary N) is 1. The minimum atomic E-state index is 0.388. The topological polar surface area (TPSA) is 15.3 Å². The first kappa shape index (κ1) is 14.0. The van der Waals surface area contributed by atoms with Crippen LogP contribution in [0, 0.1) is 0 Å². The lowest BCUT2D eigenvalue weighted by Crippen LogP contribution is -2.62. The van der Waals surface area contributed by atoms with Crippen LogP contribution >= 0.6 is 0 Å². The molecule has 0 radical (unpaired) electrons. The number of hydrogen-bond donors (Lipinski definition) is 1. The Morgan fingerprint density at radius 2 is 2.00 bits per heavy atom. The molecule has 1 N–H and O–H groups in total. The third kappa shape index (κ3) is 3.74. The zero-order chi connectivity index (χ0) is 12.0. The van der Waals surface area contributed by atoms with Crippen molar-refractivity contribution in [1.29, 1.82) is 0 Å². The summed E-state index contributed by atoms with van der Waals surface area (Å²) in [7, 11) is 0. The highest BCUT2D eigenvalue weighted by Gasteiger charge is 2.34. The average Bonchev–Trinajstić information content (AvgIpc) is 2.29. The van der Waals surface area contributed by atoms with E-state index in [0.29, 0.717) is 11.6 Å². The summed E-state index contributed by atoms with van der Waals surface area (Å²) in [4.78, 5) is 2.71. The normalized spacial score (nSPS) is 31.9. The van der Waals surface area contributed by atoms with Crippen LogP contribution in [0.2, 0.25) is 0 Å². The lowest BCUT2D eigenvalue weighted by atomic mass is 9.92. The summed E-state index contributed by atoms with van der Waals surface area (Å²) < 4.78 is 0. The lowest BCUT2D eigenvalue weighted by molar-refractivity contribution is 0.0511. The molecule has 0 spiro atoms. The molecule has 0 saturated carbocycles. The zero-order valence-corrected chi connectivity index (χ0v) is 11.7. The van der Waals surface area contributed by atoms with Crippen LogP contribution < -0.4 is 5.32 Å². The van der Waals surface area contributed by atoms with Crippen molar-refractivity contribution in [3.8, 4) is 0 Å². The standard InChI is InChI=1S/C14H30N2/c1-5-7-8-9-10-16-11-13(3)15-12-14(16,4)6-2/h13,15H,5-12H2,1-4H3. The number of hydrogen-bond acceptors (Lipinski definition) is 2. The number of nitrogens with zero attached hydrogens (tertiary/aromatic N) is 1. The number of unbranched alkanes of at least 4 members (excludes halogenated alkanes) is 3. The van der Waals surface area contributed by atoms with Crippen LogP contribution in [0.1, 0.15) is 59.8 Å². The minimum Gasteiger partial charge on any atom is -0.311 e. The Morgan fingerprint density at radius 3 is 2.62 bits per heavy atom. The van der Waals surface area contributed by atoms with E-state index >= 15 is 0 Å². The van der Waals surface area contributed by atoms with E-state index in [4.69, 9.17) is 0 Å². The van der Waals surface area contributed by atoms with Gasteiger partial charge in [-0.2, -0.15) is 0 Å². The molecule has 0 aromatic heterocycles. The molecule has 0 aromatic rings. The zero-order valence-electron chi connectivity index (χ0n) is 11.7. The van der Waals surface area contributed by atoms with Crippen LogP contribution in [0.3, 0.4) is 0 Å². The van der Waals surface area contributed by atoms with Crippen molar-refractivity contribution >= 4 is 0 Å². The molecular formula is C14H30N2. The Morgan fingerprint density at radius 1 is 1.25 bits per heavy atom. The van der Waals surface area contributed by atoms with E-state index in [1.165, 1.54) is 45.2 Å². The summed E-state index contributed by atoms with van der Waals surface area (Å²) in [5.41, 5.74) is 0.388. The van der Waals surface area contributed by atoms with Crippen LogP contribution in [0.25, 0.3) is 0 Å². The van der Waals surface area contributed by atoms with Gasteiger partial charge in [-0.15, -0.1) is 0 Å². The van der Waals surface area contributed by atoms with Gasteiger partial charge in [0.1, 0.15) is 0 Å². The monoisotopic (exact) mass is 226 g/mol. The third-order valence-electron chi connectivity index (χ3n) is 4.13. The molecular weight excluding hydrogens is 196 g/mol. The summed E-state index contributed by atoms with van der Waals surface area (Å²) >= 11 is 0. The van der Waals surface area contributed by atoms with Crippen LogP contribution in [0.15, 0.2) is 0 Å². The molecule has 1 aliphatic heterocycles. The van der Waals surface area contributed by atoms with E-state index in [1.54, 1.807) is 0 Å². The Kier molecular flexibility index (Phi) is 5.77. The summed E-state index contributed by atoms with van der Waals surface area (Å²) in [5.74, 6) is 0. The molecule has 0 aliphatic carbocycles. The molecule has 1 heterocycles. The maximum Gasteiger partial charge on any atom is 0.0303 e. The molecule has 0 amide bonds. The Balaban J connectivity index is 2.39. The van der Waals surface area contributed by atoms with Crippen molar-refractivity contribution in [1.82, 2.24) is 10.2 Å². The van der Waals surface area contributed by atoms with Gasteiger partial charge in [0.05, 0.1) is 0 Å². The summed E-state index contributed by atoms with van der Waals surface area (Å²) in [6.45, 7) is 13.0. The van der Waals surface area contributed by atoms with Gasteiger partial charge in [0.15, 0.2) is 0 Å².